The molecule has 2 aliphatic rings. The number of hydrogen-bond donors (Lipinski definition) is 2. The molecule has 1 saturated heterocycles. The predicted molar refractivity (Wildman–Crippen MR) is 121 cm³/mol. The Morgan fingerprint density at radius 2 is 2.12 bits per heavy atom. The summed E-state index contributed by atoms with van der Waals surface area (Å²) < 4.78 is 46.4. The Labute approximate surface area is 200 Å². The van der Waals surface area contributed by atoms with Gasteiger partial charge in [0.25, 0.3) is 11.1 Å². The number of amides is 1. The van der Waals surface area contributed by atoms with Crippen molar-refractivity contribution < 1.29 is 27.8 Å². The zero-order valence-corrected chi connectivity index (χ0v) is 19.7. The van der Waals surface area contributed by atoms with E-state index in [2.05, 4.69) is 20.7 Å². The summed E-state index contributed by atoms with van der Waals surface area (Å²) in [6.45, 7) is 4.21. The molecule has 3 heterocycles. The van der Waals surface area contributed by atoms with Crippen molar-refractivity contribution in [3.8, 4) is 0 Å². The largest absolute Gasteiger partial charge is 0.474 e. The van der Waals surface area contributed by atoms with Gasteiger partial charge in [0.1, 0.15) is 23.4 Å². The number of halogens is 2. The highest BCUT2D eigenvalue weighted by Crippen LogP contribution is 2.32. The van der Waals surface area contributed by atoms with Crippen molar-refractivity contribution in [3.05, 3.63) is 52.9 Å². The van der Waals surface area contributed by atoms with Gasteiger partial charge in [0.15, 0.2) is 11.9 Å². The number of thiocarbonyl (C=S) groups is 1. The molecule has 2 aromatic rings. The lowest BCUT2D eigenvalue weighted by Gasteiger charge is -2.29. The number of ether oxygens (including phenoxy) is 3. The van der Waals surface area contributed by atoms with Crippen molar-refractivity contribution in [2.75, 3.05) is 26.8 Å². The quantitative estimate of drug-likeness (QED) is 0.613. The number of hydrogen-bond acceptors (Lipinski definition) is 7. The summed E-state index contributed by atoms with van der Waals surface area (Å²) in [6, 6.07) is 1.69. The first kappa shape index (κ1) is 24.2. The molecule has 182 valence electrons. The van der Waals surface area contributed by atoms with Crippen LogP contribution in [0.1, 0.15) is 43.1 Å². The highest BCUT2D eigenvalue weighted by Gasteiger charge is 2.39. The number of rotatable bonds is 5. The van der Waals surface area contributed by atoms with E-state index in [0.29, 0.717) is 24.2 Å². The lowest BCUT2D eigenvalue weighted by molar-refractivity contribution is -0.159. The average molecular weight is 494 g/mol. The number of aromatic nitrogens is 3. The molecule has 0 aliphatic carbocycles. The van der Waals surface area contributed by atoms with Gasteiger partial charge in [-0.2, -0.15) is 15.4 Å². The molecule has 0 radical (unpaired) electrons. The summed E-state index contributed by atoms with van der Waals surface area (Å²) >= 11 is 5.05. The number of carbonyl (C=O) groups excluding carboxylic acids is 1. The van der Waals surface area contributed by atoms with Crippen LogP contribution in [0.4, 0.5) is 8.78 Å². The molecular formula is C22H25F2N5O4S. The molecule has 9 nitrogen and oxygen atoms in total. The van der Waals surface area contributed by atoms with E-state index in [9.17, 15) is 4.79 Å². The number of carbonyl (C=O) groups is 1. The molecule has 1 aromatic carbocycles. The minimum atomic E-state index is -0.809. The Morgan fingerprint density at radius 3 is 2.65 bits per heavy atom. The summed E-state index contributed by atoms with van der Waals surface area (Å²) in [7, 11) is 1.38. The Morgan fingerprint density at radius 1 is 1.38 bits per heavy atom. The van der Waals surface area contributed by atoms with Crippen LogP contribution in [-0.4, -0.2) is 70.1 Å². The summed E-state index contributed by atoms with van der Waals surface area (Å²) in [5.74, 6) is -2.47. The van der Waals surface area contributed by atoms with Crippen molar-refractivity contribution in [1.82, 2.24) is 25.6 Å². The van der Waals surface area contributed by atoms with Crippen LogP contribution in [0.15, 0.2) is 24.4 Å². The molecule has 34 heavy (non-hydrogen) atoms. The maximum Gasteiger partial charge on any atom is 0.257 e. The number of H-pyrrole nitrogens is 1. The van der Waals surface area contributed by atoms with Crippen LogP contribution in [0.2, 0.25) is 0 Å². The first-order chi connectivity index (χ1) is 16.2. The van der Waals surface area contributed by atoms with Gasteiger partial charge in [-0.25, -0.2) is 8.78 Å². The van der Waals surface area contributed by atoms with Gasteiger partial charge in [-0.05, 0) is 55.8 Å². The van der Waals surface area contributed by atoms with Crippen molar-refractivity contribution in [3.63, 3.8) is 0 Å². The number of nitrogens with zero attached hydrogens (tertiary/aromatic N) is 3. The smallest absolute Gasteiger partial charge is 0.257 e. The van der Waals surface area contributed by atoms with E-state index in [1.807, 2.05) is 0 Å². The predicted octanol–water partition coefficient (Wildman–Crippen LogP) is 2.46. The van der Waals surface area contributed by atoms with Crippen LogP contribution in [0.5, 0.6) is 0 Å². The summed E-state index contributed by atoms with van der Waals surface area (Å²) in [5.41, 5.74) is 1.03. The fourth-order valence-corrected chi connectivity index (χ4v) is 4.15. The zero-order chi connectivity index (χ0) is 24.5. The van der Waals surface area contributed by atoms with Gasteiger partial charge in [-0.15, -0.1) is 0 Å². The molecule has 2 N–H and O–H groups in total. The Bertz CT molecular complexity index is 1090. The van der Waals surface area contributed by atoms with Gasteiger partial charge in [-0.3, -0.25) is 4.79 Å². The molecule has 1 fully saturated rings. The molecular weight excluding hydrogens is 468 g/mol. The Hall–Kier alpha value is -2.96. The minimum absolute atomic E-state index is 0.0395. The first-order valence-electron chi connectivity index (χ1n) is 10.7. The molecule has 0 spiro atoms. The highest BCUT2D eigenvalue weighted by molar-refractivity contribution is 7.80. The monoisotopic (exact) mass is 493 g/mol. The Kier molecular flexibility index (Phi) is 6.91. The summed E-state index contributed by atoms with van der Waals surface area (Å²) in [5, 5.41) is 13.1. The third-order valence-corrected chi connectivity index (χ3v) is 5.99. The standard InChI is InChI=1S/C22H25F2N5O4S/c1-22(2)32-11-17(33-22)20(30)29-6-4-12(5-7-29)18-14(23)8-13(9-15(18)24)19(26-21(34)31-3)16-10-25-28-27-16/h4,8-10,17,19H,5-7,11H2,1-3H3,(H,26,34)(H,25,27,28). The third kappa shape index (κ3) is 5.08. The van der Waals surface area contributed by atoms with E-state index in [1.165, 1.54) is 25.4 Å². The van der Waals surface area contributed by atoms with E-state index in [1.54, 1.807) is 24.8 Å². The van der Waals surface area contributed by atoms with Crippen LogP contribution in [-0.2, 0) is 19.0 Å². The van der Waals surface area contributed by atoms with Gasteiger partial charge >= 0.3 is 0 Å². The second kappa shape index (κ2) is 9.72. The number of benzene rings is 1. The van der Waals surface area contributed by atoms with E-state index in [4.69, 9.17) is 26.4 Å². The molecule has 1 aromatic heterocycles. The lowest BCUT2D eigenvalue weighted by atomic mass is 9.94. The zero-order valence-electron chi connectivity index (χ0n) is 18.9. The van der Waals surface area contributed by atoms with E-state index in [-0.39, 0.29) is 35.4 Å². The van der Waals surface area contributed by atoms with Crippen LogP contribution < -0.4 is 5.32 Å². The van der Waals surface area contributed by atoms with Gasteiger partial charge in [0.05, 0.1) is 19.9 Å². The molecule has 1 amide bonds. The first-order valence-corrected chi connectivity index (χ1v) is 11.1. The maximum absolute atomic E-state index is 15.2. The number of aromatic amines is 1. The molecule has 2 aliphatic heterocycles. The maximum atomic E-state index is 15.2. The normalized spacial score (nSPS) is 20.6. The van der Waals surface area contributed by atoms with Gasteiger partial charge in [-0.1, -0.05) is 6.08 Å². The van der Waals surface area contributed by atoms with E-state index in [0.717, 1.165) is 0 Å². The van der Waals surface area contributed by atoms with Gasteiger partial charge in [0.2, 0.25) is 0 Å². The van der Waals surface area contributed by atoms with Crippen molar-refractivity contribution in [2.24, 2.45) is 0 Å². The van der Waals surface area contributed by atoms with E-state index < -0.39 is 29.6 Å². The molecule has 0 saturated carbocycles. The van der Waals surface area contributed by atoms with Crippen LogP contribution in [0.3, 0.4) is 0 Å². The summed E-state index contributed by atoms with van der Waals surface area (Å²) in [6.07, 6.45) is 2.71. The highest BCUT2D eigenvalue weighted by atomic mass is 32.1. The Balaban J connectivity index is 1.53. The minimum Gasteiger partial charge on any atom is -0.474 e. The topological polar surface area (TPSA) is 102 Å². The molecule has 4 rings (SSSR count). The number of methoxy groups -OCH3 is 1. The van der Waals surface area contributed by atoms with Crippen LogP contribution in [0, 0.1) is 11.6 Å². The van der Waals surface area contributed by atoms with Crippen molar-refractivity contribution in [1.29, 1.82) is 0 Å². The van der Waals surface area contributed by atoms with E-state index >= 15 is 8.78 Å². The second-order valence-corrected chi connectivity index (χ2v) is 8.78. The van der Waals surface area contributed by atoms with Crippen LogP contribution >= 0.6 is 12.2 Å². The lowest BCUT2D eigenvalue weighted by Crippen LogP contribution is -2.43. The fourth-order valence-electron chi connectivity index (χ4n) is 4.03. The average Bonchev–Trinajstić information content (AvgIpc) is 3.46. The third-order valence-electron chi connectivity index (χ3n) is 5.70. The second-order valence-electron chi connectivity index (χ2n) is 8.40. The van der Waals surface area contributed by atoms with Crippen molar-refractivity contribution >= 4 is 28.9 Å². The molecule has 12 heteroatoms. The fraction of sp³-hybridized carbons (Fsp3) is 0.455. The molecule has 0 bridgehead atoms. The van der Waals surface area contributed by atoms with Gasteiger partial charge < -0.3 is 24.4 Å². The van der Waals surface area contributed by atoms with Crippen molar-refractivity contribution in [2.45, 2.75) is 38.2 Å². The molecule has 2 unspecified atom stereocenters. The number of nitrogens with one attached hydrogen (secondary N) is 2. The van der Waals surface area contributed by atoms with Crippen LogP contribution in [0.25, 0.3) is 5.57 Å². The molecule has 2 atom stereocenters. The van der Waals surface area contributed by atoms with Gasteiger partial charge in [0, 0.05) is 18.7 Å². The summed E-state index contributed by atoms with van der Waals surface area (Å²) in [4.78, 5) is 14.3. The SMILES string of the molecule is COC(=S)NC(c1cc(F)c(C2=CCN(C(=O)C3COC(C)(C)O3)CC2)c(F)c1)c1cn[nH]n1.